The van der Waals surface area contributed by atoms with Crippen molar-refractivity contribution in [1.82, 2.24) is 0 Å². The Bertz CT molecular complexity index is 510. The van der Waals surface area contributed by atoms with E-state index in [1.165, 1.54) is 0 Å². The van der Waals surface area contributed by atoms with Gasteiger partial charge in [0.15, 0.2) is 5.78 Å². The van der Waals surface area contributed by atoms with Crippen LogP contribution in [-0.4, -0.2) is 25.5 Å². The van der Waals surface area contributed by atoms with E-state index in [4.69, 9.17) is 15.2 Å². The molecule has 0 aliphatic heterocycles. The molecule has 1 aromatic carbocycles. The molecule has 0 radical (unpaired) electrons. The molecule has 4 nitrogen and oxygen atoms in total. The van der Waals surface area contributed by atoms with Crippen molar-refractivity contribution in [2.75, 3.05) is 14.2 Å². The molecule has 1 fully saturated rings. The third-order valence-corrected chi connectivity index (χ3v) is 4.68. The van der Waals surface area contributed by atoms with E-state index in [-0.39, 0.29) is 5.78 Å². The van der Waals surface area contributed by atoms with Crippen LogP contribution in [-0.2, 0) is 0 Å². The largest absolute Gasteiger partial charge is 0.495 e. The summed E-state index contributed by atoms with van der Waals surface area (Å²) in [6.07, 6.45) is 4.62. The van der Waals surface area contributed by atoms with E-state index in [1.807, 2.05) is 0 Å². The van der Waals surface area contributed by atoms with Gasteiger partial charge in [-0.1, -0.05) is 19.3 Å². The normalized spacial score (nSPS) is 17.6. The van der Waals surface area contributed by atoms with Gasteiger partial charge < -0.3 is 15.2 Å². The van der Waals surface area contributed by atoms with Crippen LogP contribution in [0.2, 0.25) is 0 Å². The summed E-state index contributed by atoms with van der Waals surface area (Å²) in [6, 6.07) is 3.49. The lowest BCUT2D eigenvalue weighted by Gasteiger charge is -2.32. The van der Waals surface area contributed by atoms with Crippen LogP contribution in [0.3, 0.4) is 0 Å². The molecule has 2 rings (SSSR count). The highest BCUT2D eigenvalue weighted by Crippen LogP contribution is 2.40. The van der Waals surface area contributed by atoms with Crippen molar-refractivity contribution in [1.29, 1.82) is 0 Å². The van der Waals surface area contributed by atoms with Gasteiger partial charge in [0, 0.05) is 0 Å². The summed E-state index contributed by atoms with van der Waals surface area (Å²) in [5.74, 6) is 1.08. The second kappa shape index (κ2) is 6.14. The Morgan fingerprint density at radius 3 is 2.40 bits per heavy atom. The lowest BCUT2D eigenvalue weighted by Crippen LogP contribution is -2.49. The summed E-state index contributed by atoms with van der Waals surface area (Å²) in [6.45, 7) is 0. The van der Waals surface area contributed by atoms with Crippen molar-refractivity contribution in [2.45, 2.75) is 37.6 Å². The van der Waals surface area contributed by atoms with Crippen LogP contribution in [0.1, 0.15) is 42.5 Å². The van der Waals surface area contributed by atoms with Gasteiger partial charge in [-0.25, -0.2) is 0 Å². The van der Waals surface area contributed by atoms with Crippen molar-refractivity contribution in [3.63, 3.8) is 0 Å². The Labute approximate surface area is 127 Å². The highest BCUT2D eigenvalue weighted by atomic mass is 79.9. The number of hydrogen-bond acceptors (Lipinski definition) is 4. The average molecular weight is 342 g/mol. The van der Waals surface area contributed by atoms with Gasteiger partial charge in [-0.05, 0) is 40.9 Å². The third kappa shape index (κ3) is 2.69. The number of carbonyl (C=O) groups is 1. The molecule has 0 saturated heterocycles. The molecule has 20 heavy (non-hydrogen) atoms. The van der Waals surface area contributed by atoms with Crippen LogP contribution in [0.25, 0.3) is 0 Å². The molecule has 0 amide bonds. The zero-order valence-electron chi connectivity index (χ0n) is 11.9. The zero-order chi connectivity index (χ0) is 14.8. The van der Waals surface area contributed by atoms with E-state index in [0.29, 0.717) is 21.5 Å². The van der Waals surface area contributed by atoms with E-state index >= 15 is 0 Å². The SMILES string of the molecule is COc1ccc(C(=O)C2(N)CCCCC2)c(OC)c1Br. The summed E-state index contributed by atoms with van der Waals surface area (Å²) in [4.78, 5) is 12.8. The maximum Gasteiger partial charge on any atom is 0.186 e. The summed E-state index contributed by atoms with van der Waals surface area (Å²) >= 11 is 3.42. The Kier molecular flexibility index (Phi) is 4.70. The minimum atomic E-state index is -0.764. The van der Waals surface area contributed by atoms with Crippen molar-refractivity contribution < 1.29 is 14.3 Å². The number of nitrogens with two attached hydrogens (primary N) is 1. The number of halogens is 1. The molecular formula is C15H20BrNO3. The highest BCUT2D eigenvalue weighted by Gasteiger charge is 2.37. The summed E-state index contributed by atoms with van der Waals surface area (Å²) in [5.41, 5.74) is 6.08. The molecule has 2 N–H and O–H groups in total. The minimum Gasteiger partial charge on any atom is -0.495 e. The van der Waals surface area contributed by atoms with Crippen LogP contribution >= 0.6 is 15.9 Å². The highest BCUT2D eigenvalue weighted by molar-refractivity contribution is 9.10. The first-order valence-corrected chi connectivity index (χ1v) is 7.57. The smallest absolute Gasteiger partial charge is 0.186 e. The molecule has 1 aromatic rings. The first kappa shape index (κ1) is 15.3. The van der Waals surface area contributed by atoms with Crippen molar-refractivity contribution in [2.24, 2.45) is 5.73 Å². The second-order valence-corrected chi connectivity index (χ2v) is 6.00. The van der Waals surface area contributed by atoms with Crippen LogP contribution in [0, 0.1) is 0 Å². The Morgan fingerprint density at radius 2 is 1.85 bits per heavy atom. The summed E-state index contributed by atoms with van der Waals surface area (Å²) in [7, 11) is 3.12. The average Bonchev–Trinajstić information content (AvgIpc) is 2.47. The van der Waals surface area contributed by atoms with E-state index in [1.54, 1.807) is 26.4 Å². The molecule has 1 aliphatic carbocycles. The summed E-state index contributed by atoms with van der Waals surface area (Å²) < 4.78 is 11.2. The number of ether oxygens (including phenoxy) is 2. The topological polar surface area (TPSA) is 61.5 Å². The van der Waals surface area contributed by atoms with E-state index in [0.717, 1.165) is 32.1 Å². The lowest BCUT2D eigenvalue weighted by atomic mass is 9.77. The van der Waals surface area contributed by atoms with Gasteiger partial charge in [-0.3, -0.25) is 4.79 Å². The van der Waals surface area contributed by atoms with Gasteiger partial charge in [0.25, 0.3) is 0 Å². The van der Waals surface area contributed by atoms with Gasteiger partial charge in [0.1, 0.15) is 16.0 Å². The standard InChI is InChI=1S/C15H20BrNO3/c1-19-11-7-6-10(13(20-2)12(11)16)14(18)15(17)8-4-3-5-9-15/h6-7H,3-5,8-9,17H2,1-2H3. The van der Waals surface area contributed by atoms with Crippen LogP contribution < -0.4 is 15.2 Å². The van der Waals surface area contributed by atoms with Crippen LogP contribution in [0.15, 0.2) is 16.6 Å². The molecule has 0 atom stereocenters. The lowest BCUT2D eigenvalue weighted by molar-refractivity contribution is 0.0844. The number of carbonyl (C=O) groups excluding carboxylic acids is 1. The van der Waals surface area contributed by atoms with Gasteiger partial charge in [0.2, 0.25) is 0 Å². The molecule has 0 aromatic heterocycles. The number of benzene rings is 1. The zero-order valence-corrected chi connectivity index (χ0v) is 13.5. The van der Waals surface area contributed by atoms with Crippen molar-refractivity contribution >= 4 is 21.7 Å². The van der Waals surface area contributed by atoms with E-state index in [2.05, 4.69) is 15.9 Å². The van der Waals surface area contributed by atoms with E-state index < -0.39 is 5.54 Å². The van der Waals surface area contributed by atoms with Gasteiger partial charge in [0.05, 0.1) is 25.3 Å². The maximum atomic E-state index is 12.8. The number of methoxy groups -OCH3 is 2. The molecule has 0 bridgehead atoms. The fourth-order valence-electron chi connectivity index (χ4n) is 2.75. The fraction of sp³-hybridized carbons (Fsp3) is 0.533. The second-order valence-electron chi connectivity index (χ2n) is 5.21. The molecule has 5 heteroatoms. The first-order valence-electron chi connectivity index (χ1n) is 6.77. The molecule has 0 unspecified atom stereocenters. The molecule has 0 spiro atoms. The Morgan fingerprint density at radius 1 is 1.20 bits per heavy atom. The van der Waals surface area contributed by atoms with Crippen LogP contribution in [0.5, 0.6) is 11.5 Å². The quantitative estimate of drug-likeness (QED) is 0.853. The predicted molar refractivity (Wildman–Crippen MR) is 81.6 cm³/mol. The van der Waals surface area contributed by atoms with Crippen molar-refractivity contribution in [3.05, 3.63) is 22.2 Å². The molecule has 1 saturated carbocycles. The van der Waals surface area contributed by atoms with Gasteiger partial charge >= 0.3 is 0 Å². The van der Waals surface area contributed by atoms with E-state index in [9.17, 15) is 4.79 Å². The molecular weight excluding hydrogens is 322 g/mol. The minimum absolute atomic E-state index is 0.0441. The maximum absolute atomic E-state index is 12.8. The predicted octanol–water partition coefficient (Wildman–Crippen LogP) is 3.31. The van der Waals surface area contributed by atoms with Crippen molar-refractivity contribution in [3.8, 4) is 11.5 Å². The molecule has 0 heterocycles. The summed E-state index contributed by atoms with van der Waals surface area (Å²) in [5, 5.41) is 0. The first-order chi connectivity index (χ1) is 9.53. The monoisotopic (exact) mass is 341 g/mol. The Hall–Kier alpha value is -1.07. The Balaban J connectivity index is 2.41. The third-order valence-electron chi connectivity index (χ3n) is 3.93. The molecule has 1 aliphatic rings. The van der Waals surface area contributed by atoms with Gasteiger partial charge in [-0.15, -0.1) is 0 Å². The number of hydrogen-bond donors (Lipinski definition) is 1. The number of ketones is 1. The number of rotatable bonds is 4. The number of Topliss-reactive ketones (excluding diaryl/α,β-unsaturated/α-hetero) is 1. The van der Waals surface area contributed by atoms with Crippen LogP contribution in [0.4, 0.5) is 0 Å². The van der Waals surface area contributed by atoms with Gasteiger partial charge in [-0.2, -0.15) is 0 Å². The molecule has 110 valence electrons. The fourth-order valence-corrected chi connectivity index (χ4v) is 3.42.